The summed E-state index contributed by atoms with van der Waals surface area (Å²) >= 11 is 5.55. The third-order valence-electron chi connectivity index (χ3n) is 5.03. The number of carbonyl (C=O) groups excluding carboxylic acids is 1. The number of unbranched alkanes of at least 4 members (excludes halogenated alkanes) is 16. The van der Waals surface area contributed by atoms with Gasteiger partial charge in [-0.3, -0.25) is 4.79 Å². The zero-order chi connectivity index (χ0) is 19.1. The maximum Gasteiger partial charge on any atom is 0.305 e. The van der Waals surface area contributed by atoms with Gasteiger partial charge in [0, 0.05) is 12.3 Å². The van der Waals surface area contributed by atoms with Gasteiger partial charge in [-0.25, -0.2) is 0 Å². The van der Waals surface area contributed by atoms with Gasteiger partial charge in [-0.15, -0.1) is 11.6 Å². The quantitative estimate of drug-likeness (QED) is 0.112. The van der Waals surface area contributed by atoms with E-state index in [1.807, 2.05) is 0 Å². The van der Waals surface area contributed by atoms with Gasteiger partial charge in [-0.1, -0.05) is 110 Å². The largest absolute Gasteiger partial charge is 0.466 e. The van der Waals surface area contributed by atoms with E-state index in [0.29, 0.717) is 18.9 Å². The fraction of sp³-hybridized carbons (Fsp3) is 0.957. The van der Waals surface area contributed by atoms with E-state index < -0.39 is 0 Å². The van der Waals surface area contributed by atoms with Crippen LogP contribution in [0.2, 0.25) is 0 Å². The van der Waals surface area contributed by atoms with Crippen molar-refractivity contribution in [1.82, 2.24) is 0 Å². The molecule has 156 valence electrons. The Labute approximate surface area is 168 Å². The standard InChI is InChI=1S/C23H45ClO2/c1-2-3-4-5-6-7-8-9-10-11-12-13-14-15-16-17-18-22-26-23(25)20-19-21-24/h2-22H2,1H3. The summed E-state index contributed by atoms with van der Waals surface area (Å²) in [5.74, 6) is 0.441. The second-order valence-electron chi connectivity index (χ2n) is 7.67. The Bertz CT molecular complexity index is 281. The van der Waals surface area contributed by atoms with Crippen molar-refractivity contribution in [2.75, 3.05) is 12.5 Å². The minimum Gasteiger partial charge on any atom is -0.466 e. The van der Waals surface area contributed by atoms with E-state index in [0.717, 1.165) is 12.8 Å². The molecule has 0 atom stereocenters. The summed E-state index contributed by atoms with van der Waals surface area (Å²) in [6.07, 6.45) is 24.5. The summed E-state index contributed by atoms with van der Waals surface area (Å²) in [6, 6.07) is 0. The summed E-state index contributed by atoms with van der Waals surface area (Å²) in [4.78, 5) is 11.3. The SMILES string of the molecule is CCCCCCCCCCCCCCCCCCCOC(=O)CCCCl. The number of carbonyl (C=O) groups is 1. The molecular formula is C23H45ClO2. The average molecular weight is 389 g/mol. The fourth-order valence-corrected chi connectivity index (χ4v) is 3.43. The number of hydrogen-bond donors (Lipinski definition) is 0. The van der Waals surface area contributed by atoms with Crippen LogP contribution in [0.25, 0.3) is 0 Å². The first kappa shape index (κ1) is 25.8. The van der Waals surface area contributed by atoms with E-state index in [1.165, 1.54) is 103 Å². The molecule has 0 amide bonds. The van der Waals surface area contributed by atoms with Crippen LogP contribution in [0.1, 0.15) is 129 Å². The summed E-state index contributed by atoms with van der Waals surface area (Å²) in [5.41, 5.74) is 0. The summed E-state index contributed by atoms with van der Waals surface area (Å²) in [5, 5.41) is 0. The Morgan fingerprint density at radius 2 is 1.00 bits per heavy atom. The van der Waals surface area contributed by atoms with E-state index in [9.17, 15) is 4.79 Å². The summed E-state index contributed by atoms with van der Waals surface area (Å²) in [7, 11) is 0. The van der Waals surface area contributed by atoms with Gasteiger partial charge in [0.2, 0.25) is 0 Å². The molecule has 0 aliphatic heterocycles. The van der Waals surface area contributed by atoms with Crippen LogP contribution in [0, 0.1) is 0 Å². The lowest BCUT2D eigenvalue weighted by Gasteiger charge is -2.05. The number of rotatable bonds is 21. The van der Waals surface area contributed by atoms with E-state index in [-0.39, 0.29) is 5.97 Å². The van der Waals surface area contributed by atoms with Crippen LogP contribution in [0.4, 0.5) is 0 Å². The second kappa shape index (κ2) is 22.8. The molecular weight excluding hydrogens is 344 g/mol. The number of halogens is 1. The maximum atomic E-state index is 11.3. The molecule has 0 heterocycles. The van der Waals surface area contributed by atoms with Crippen molar-refractivity contribution in [3.05, 3.63) is 0 Å². The minimum atomic E-state index is -0.0952. The van der Waals surface area contributed by atoms with Gasteiger partial charge in [0.15, 0.2) is 0 Å². The highest BCUT2D eigenvalue weighted by atomic mass is 35.5. The van der Waals surface area contributed by atoms with Crippen molar-refractivity contribution < 1.29 is 9.53 Å². The van der Waals surface area contributed by atoms with Crippen molar-refractivity contribution in [1.29, 1.82) is 0 Å². The van der Waals surface area contributed by atoms with Crippen molar-refractivity contribution in [2.45, 2.75) is 129 Å². The molecule has 0 saturated heterocycles. The van der Waals surface area contributed by atoms with Gasteiger partial charge in [0.25, 0.3) is 0 Å². The van der Waals surface area contributed by atoms with Crippen molar-refractivity contribution in [2.24, 2.45) is 0 Å². The molecule has 0 spiro atoms. The zero-order valence-corrected chi connectivity index (χ0v) is 18.3. The first-order valence-corrected chi connectivity index (χ1v) is 12.1. The molecule has 0 fully saturated rings. The fourth-order valence-electron chi connectivity index (χ4n) is 3.30. The molecule has 26 heavy (non-hydrogen) atoms. The highest BCUT2D eigenvalue weighted by Gasteiger charge is 2.01. The molecule has 0 aromatic rings. The van der Waals surface area contributed by atoms with E-state index in [1.54, 1.807) is 0 Å². The first-order valence-electron chi connectivity index (χ1n) is 11.5. The predicted molar refractivity (Wildman–Crippen MR) is 115 cm³/mol. The van der Waals surface area contributed by atoms with Crippen LogP contribution < -0.4 is 0 Å². The van der Waals surface area contributed by atoms with Crippen molar-refractivity contribution in [3.63, 3.8) is 0 Å². The van der Waals surface area contributed by atoms with Crippen LogP contribution in [0.15, 0.2) is 0 Å². The Balaban J connectivity index is 3.04. The highest BCUT2D eigenvalue weighted by Crippen LogP contribution is 2.14. The number of hydrogen-bond acceptors (Lipinski definition) is 2. The van der Waals surface area contributed by atoms with E-state index >= 15 is 0 Å². The Kier molecular flexibility index (Phi) is 22.6. The Hall–Kier alpha value is -0.240. The van der Waals surface area contributed by atoms with E-state index in [2.05, 4.69) is 6.92 Å². The zero-order valence-electron chi connectivity index (χ0n) is 17.5. The van der Waals surface area contributed by atoms with Gasteiger partial charge < -0.3 is 4.74 Å². The number of ether oxygens (including phenoxy) is 1. The third-order valence-corrected chi connectivity index (χ3v) is 5.29. The molecule has 0 rings (SSSR count). The topological polar surface area (TPSA) is 26.3 Å². The molecule has 0 unspecified atom stereocenters. The molecule has 0 aliphatic rings. The normalized spacial score (nSPS) is 11.0. The monoisotopic (exact) mass is 388 g/mol. The van der Waals surface area contributed by atoms with Gasteiger partial charge in [0.1, 0.15) is 0 Å². The molecule has 3 heteroatoms. The Morgan fingerprint density at radius 3 is 1.38 bits per heavy atom. The molecule has 0 aromatic carbocycles. The lowest BCUT2D eigenvalue weighted by atomic mass is 10.0. The van der Waals surface area contributed by atoms with Crippen LogP contribution >= 0.6 is 11.6 Å². The molecule has 0 N–H and O–H groups in total. The lowest BCUT2D eigenvalue weighted by Crippen LogP contribution is -2.05. The van der Waals surface area contributed by atoms with Gasteiger partial charge in [0.05, 0.1) is 6.61 Å². The van der Waals surface area contributed by atoms with Gasteiger partial charge in [-0.2, -0.15) is 0 Å². The van der Waals surface area contributed by atoms with Crippen molar-refractivity contribution >= 4 is 17.6 Å². The lowest BCUT2D eigenvalue weighted by molar-refractivity contribution is -0.143. The molecule has 2 nitrogen and oxygen atoms in total. The van der Waals surface area contributed by atoms with Crippen LogP contribution in [-0.2, 0) is 9.53 Å². The first-order chi connectivity index (χ1) is 12.8. The molecule has 0 radical (unpaired) electrons. The van der Waals surface area contributed by atoms with Crippen LogP contribution in [0.3, 0.4) is 0 Å². The van der Waals surface area contributed by atoms with Gasteiger partial charge >= 0.3 is 5.97 Å². The average Bonchev–Trinajstić information content (AvgIpc) is 2.65. The van der Waals surface area contributed by atoms with Crippen LogP contribution in [0.5, 0.6) is 0 Å². The summed E-state index contributed by atoms with van der Waals surface area (Å²) in [6.45, 7) is 2.87. The highest BCUT2D eigenvalue weighted by molar-refractivity contribution is 6.17. The number of alkyl halides is 1. The van der Waals surface area contributed by atoms with Gasteiger partial charge in [-0.05, 0) is 12.8 Å². The maximum absolute atomic E-state index is 11.3. The molecule has 0 bridgehead atoms. The molecule has 0 aromatic heterocycles. The smallest absolute Gasteiger partial charge is 0.305 e. The summed E-state index contributed by atoms with van der Waals surface area (Å²) < 4.78 is 5.17. The predicted octanol–water partition coefficient (Wildman–Crippen LogP) is 8.20. The minimum absolute atomic E-state index is 0.0952. The van der Waals surface area contributed by atoms with E-state index in [4.69, 9.17) is 16.3 Å². The Morgan fingerprint density at radius 1 is 0.615 bits per heavy atom. The second-order valence-corrected chi connectivity index (χ2v) is 8.05. The third kappa shape index (κ3) is 21.8. The molecule has 0 saturated carbocycles. The molecule has 0 aliphatic carbocycles. The van der Waals surface area contributed by atoms with Crippen LogP contribution in [-0.4, -0.2) is 18.5 Å². The van der Waals surface area contributed by atoms with Crippen molar-refractivity contribution in [3.8, 4) is 0 Å². The number of esters is 1.